The number of hydrogen-bond donors (Lipinski definition) is 2. The van der Waals surface area contributed by atoms with Gasteiger partial charge in [-0.3, -0.25) is 4.79 Å². The number of halogens is 2. The van der Waals surface area contributed by atoms with Crippen molar-refractivity contribution < 1.29 is 13.6 Å². The van der Waals surface area contributed by atoms with E-state index in [9.17, 15) is 13.6 Å². The molecular formula is C14H20F2N2O. The van der Waals surface area contributed by atoms with Gasteiger partial charge in [0.05, 0.1) is 5.54 Å². The summed E-state index contributed by atoms with van der Waals surface area (Å²) in [6.45, 7) is 5.42. The van der Waals surface area contributed by atoms with E-state index in [1.807, 2.05) is 13.8 Å². The first kappa shape index (κ1) is 15.6. The van der Waals surface area contributed by atoms with E-state index in [2.05, 4.69) is 5.32 Å². The second-order valence-electron chi connectivity index (χ2n) is 5.17. The molecule has 1 aromatic rings. The lowest BCUT2D eigenvalue weighted by molar-refractivity contribution is -0.149. The summed E-state index contributed by atoms with van der Waals surface area (Å²) in [6.07, 6.45) is 0. The van der Waals surface area contributed by atoms with Crippen LogP contribution in [0.15, 0.2) is 30.3 Å². The first-order chi connectivity index (χ1) is 8.74. The molecule has 0 fully saturated rings. The Morgan fingerprint density at radius 2 is 1.84 bits per heavy atom. The fourth-order valence-electron chi connectivity index (χ4n) is 1.55. The summed E-state index contributed by atoms with van der Waals surface area (Å²) in [5.41, 5.74) is 4.40. The maximum absolute atomic E-state index is 14.0. The van der Waals surface area contributed by atoms with Crippen LogP contribution >= 0.6 is 0 Å². The van der Waals surface area contributed by atoms with Crippen molar-refractivity contribution in [2.24, 2.45) is 11.7 Å². The van der Waals surface area contributed by atoms with Crippen molar-refractivity contribution in [2.45, 2.75) is 32.2 Å². The normalized spacial score (nSPS) is 15.1. The van der Waals surface area contributed by atoms with Gasteiger partial charge in [-0.1, -0.05) is 44.2 Å². The second kappa shape index (κ2) is 5.65. The molecule has 5 heteroatoms. The lowest BCUT2D eigenvalue weighted by Crippen LogP contribution is -2.58. The monoisotopic (exact) mass is 270 g/mol. The molecule has 3 N–H and O–H groups in total. The molecule has 106 valence electrons. The number of hydrogen-bond acceptors (Lipinski definition) is 2. The van der Waals surface area contributed by atoms with Gasteiger partial charge in [0, 0.05) is 12.1 Å². The van der Waals surface area contributed by atoms with Crippen LogP contribution in [0.3, 0.4) is 0 Å². The van der Waals surface area contributed by atoms with Crippen molar-refractivity contribution in [1.29, 1.82) is 0 Å². The SMILES string of the molecule is CC(C)C(C)(CN)NC(=O)C(F)(F)c1ccccc1. The number of benzene rings is 1. The minimum Gasteiger partial charge on any atom is -0.344 e. The van der Waals surface area contributed by atoms with Crippen molar-refractivity contribution in [3.05, 3.63) is 35.9 Å². The van der Waals surface area contributed by atoms with Gasteiger partial charge in [0.2, 0.25) is 0 Å². The Kier molecular flexibility index (Phi) is 4.63. The average Bonchev–Trinajstić information content (AvgIpc) is 2.39. The van der Waals surface area contributed by atoms with Crippen LogP contribution in [-0.4, -0.2) is 18.0 Å². The summed E-state index contributed by atoms with van der Waals surface area (Å²) in [5.74, 6) is -4.93. The quantitative estimate of drug-likeness (QED) is 0.862. The van der Waals surface area contributed by atoms with Crippen LogP contribution in [0.4, 0.5) is 8.78 Å². The second-order valence-corrected chi connectivity index (χ2v) is 5.17. The van der Waals surface area contributed by atoms with E-state index in [1.54, 1.807) is 13.0 Å². The standard InChI is InChI=1S/C14H20F2N2O/c1-10(2)13(3,9-17)18-12(19)14(15,16)11-7-5-4-6-8-11/h4-8,10H,9,17H2,1-3H3,(H,18,19). The summed E-state index contributed by atoms with van der Waals surface area (Å²) in [7, 11) is 0. The molecule has 0 aliphatic carbocycles. The zero-order valence-electron chi connectivity index (χ0n) is 11.4. The molecule has 0 saturated carbocycles. The van der Waals surface area contributed by atoms with Crippen LogP contribution in [0.2, 0.25) is 0 Å². The van der Waals surface area contributed by atoms with Gasteiger partial charge < -0.3 is 11.1 Å². The van der Waals surface area contributed by atoms with Gasteiger partial charge >= 0.3 is 5.92 Å². The first-order valence-electron chi connectivity index (χ1n) is 6.20. The number of carbonyl (C=O) groups is 1. The fraction of sp³-hybridized carbons (Fsp3) is 0.500. The van der Waals surface area contributed by atoms with Crippen molar-refractivity contribution in [3.8, 4) is 0 Å². The molecule has 1 unspecified atom stereocenters. The van der Waals surface area contributed by atoms with Gasteiger partial charge in [-0.25, -0.2) is 0 Å². The number of alkyl halides is 2. The molecule has 0 bridgehead atoms. The lowest BCUT2D eigenvalue weighted by Gasteiger charge is -2.34. The molecule has 0 aliphatic rings. The van der Waals surface area contributed by atoms with Gasteiger partial charge in [-0.15, -0.1) is 0 Å². The summed E-state index contributed by atoms with van der Waals surface area (Å²) >= 11 is 0. The summed E-state index contributed by atoms with van der Waals surface area (Å²) in [6, 6.07) is 7.03. The van der Waals surface area contributed by atoms with Crippen molar-refractivity contribution in [2.75, 3.05) is 6.54 Å². The lowest BCUT2D eigenvalue weighted by atomic mass is 9.88. The van der Waals surface area contributed by atoms with Gasteiger partial charge in [-0.2, -0.15) is 8.78 Å². The number of nitrogens with one attached hydrogen (secondary N) is 1. The third-order valence-electron chi connectivity index (χ3n) is 3.52. The molecule has 1 amide bonds. The van der Waals surface area contributed by atoms with Crippen LogP contribution in [-0.2, 0) is 10.7 Å². The van der Waals surface area contributed by atoms with E-state index in [0.717, 1.165) is 0 Å². The molecule has 19 heavy (non-hydrogen) atoms. The molecule has 0 spiro atoms. The molecule has 1 atom stereocenters. The highest BCUT2D eigenvalue weighted by molar-refractivity contribution is 5.85. The maximum Gasteiger partial charge on any atom is 0.349 e. The molecule has 0 aliphatic heterocycles. The highest BCUT2D eigenvalue weighted by Crippen LogP contribution is 2.29. The van der Waals surface area contributed by atoms with Gasteiger partial charge in [0.1, 0.15) is 0 Å². The maximum atomic E-state index is 14.0. The largest absolute Gasteiger partial charge is 0.349 e. The molecule has 0 radical (unpaired) electrons. The van der Waals surface area contributed by atoms with Crippen LogP contribution in [0.25, 0.3) is 0 Å². The van der Waals surface area contributed by atoms with Crippen LogP contribution in [0.1, 0.15) is 26.3 Å². The molecular weight excluding hydrogens is 250 g/mol. The van der Waals surface area contributed by atoms with Crippen LogP contribution in [0.5, 0.6) is 0 Å². The van der Waals surface area contributed by atoms with Crippen LogP contribution in [0, 0.1) is 5.92 Å². The summed E-state index contributed by atoms with van der Waals surface area (Å²) in [4.78, 5) is 11.8. The number of amides is 1. The highest BCUT2D eigenvalue weighted by atomic mass is 19.3. The highest BCUT2D eigenvalue weighted by Gasteiger charge is 2.44. The van der Waals surface area contributed by atoms with Crippen molar-refractivity contribution in [1.82, 2.24) is 5.32 Å². The van der Waals surface area contributed by atoms with Gasteiger partial charge in [0.25, 0.3) is 5.91 Å². The zero-order valence-corrected chi connectivity index (χ0v) is 11.4. The molecule has 1 rings (SSSR count). The number of rotatable bonds is 5. The van der Waals surface area contributed by atoms with Crippen LogP contribution < -0.4 is 11.1 Å². The van der Waals surface area contributed by atoms with Gasteiger partial charge in [0.15, 0.2) is 0 Å². The predicted molar refractivity (Wildman–Crippen MR) is 70.8 cm³/mol. The minimum absolute atomic E-state index is 0.0481. The van der Waals surface area contributed by atoms with E-state index in [-0.39, 0.29) is 18.0 Å². The Morgan fingerprint density at radius 3 is 2.26 bits per heavy atom. The topological polar surface area (TPSA) is 55.1 Å². The minimum atomic E-state index is -3.56. The van der Waals surface area contributed by atoms with E-state index < -0.39 is 17.4 Å². The smallest absolute Gasteiger partial charge is 0.344 e. The Bertz CT molecular complexity index is 434. The summed E-state index contributed by atoms with van der Waals surface area (Å²) < 4.78 is 28.1. The van der Waals surface area contributed by atoms with Crippen molar-refractivity contribution in [3.63, 3.8) is 0 Å². The Morgan fingerprint density at radius 1 is 1.32 bits per heavy atom. The Hall–Kier alpha value is -1.49. The molecule has 0 saturated heterocycles. The molecule has 3 nitrogen and oxygen atoms in total. The van der Waals surface area contributed by atoms with E-state index in [1.165, 1.54) is 24.3 Å². The zero-order chi connectivity index (χ0) is 14.7. The average molecular weight is 270 g/mol. The van der Waals surface area contributed by atoms with E-state index in [4.69, 9.17) is 5.73 Å². The van der Waals surface area contributed by atoms with E-state index >= 15 is 0 Å². The molecule has 0 heterocycles. The Balaban J connectivity index is 2.94. The molecule has 0 aromatic heterocycles. The predicted octanol–water partition coefficient (Wildman–Crippen LogP) is 2.27. The third kappa shape index (κ3) is 3.29. The van der Waals surface area contributed by atoms with Crippen molar-refractivity contribution >= 4 is 5.91 Å². The fourth-order valence-corrected chi connectivity index (χ4v) is 1.55. The number of carbonyl (C=O) groups excluding carboxylic acids is 1. The third-order valence-corrected chi connectivity index (χ3v) is 3.52. The number of nitrogens with two attached hydrogens (primary N) is 1. The van der Waals surface area contributed by atoms with E-state index in [0.29, 0.717) is 0 Å². The Labute approximate surface area is 112 Å². The first-order valence-corrected chi connectivity index (χ1v) is 6.20. The summed E-state index contributed by atoms with van der Waals surface area (Å²) in [5, 5.41) is 2.37. The van der Waals surface area contributed by atoms with Gasteiger partial charge in [-0.05, 0) is 12.8 Å². The molecule has 1 aromatic carbocycles.